The third kappa shape index (κ3) is 13.4. The van der Waals surface area contributed by atoms with E-state index < -0.39 is 0 Å². The van der Waals surface area contributed by atoms with E-state index in [2.05, 4.69) is 26.0 Å². The van der Waals surface area contributed by atoms with E-state index in [0.29, 0.717) is 0 Å². The van der Waals surface area contributed by atoms with Crippen molar-refractivity contribution in [3.63, 3.8) is 0 Å². The second-order valence-corrected chi connectivity index (χ2v) is 5.26. The minimum absolute atomic E-state index is 0.0796. The number of esters is 1. The van der Waals surface area contributed by atoms with Gasteiger partial charge in [0.2, 0.25) is 0 Å². The Morgan fingerprint density at radius 1 is 1.00 bits per heavy atom. The monoisotopic (exact) mass is 268 g/mol. The molecule has 0 heterocycles. The summed E-state index contributed by atoms with van der Waals surface area (Å²) in [5.74, 6) is -0.155. The van der Waals surface area contributed by atoms with E-state index in [1.807, 2.05) is 0 Å². The molecule has 0 fully saturated rings. The van der Waals surface area contributed by atoms with Crippen LogP contribution in [0.2, 0.25) is 0 Å². The SMILES string of the molecule is CCC=CCC(CCCCCCCCC)OC(C)=O. The third-order valence-corrected chi connectivity index (χ3v) is 3.26. The Hall–Kier alpha value is -0.790. The van der Waals surface area contributed by atoms with Crippen LogP contribution in [0.1, 0.15) is 85.0 Å². The number of carbonyl (C=O) groups excluding carboxylic acids is 1. The number of ether oxygens (including phenoxy) is 1. The van der Waals surface area contributed by atoms with Gasteiger partial charge in [0, 0.05) is 13.3 Å². The van der Waals surface area contributed by atoms with E-state index in [0.717, 1.165) is 19.3 Å². The molecule has 0 aliphatic carbocycles. The average molecular weight is 268 g/mol. The Labute approximate surface area is 119 Å². The summed E-state index contributed by atoms with van der Waals surface area (Å²) in [6.45, 7) is 5.86. The first-order valence-corrected chi connectivity index (χ1v) is 8.02. The zero-order valence-corrected chi connectivity index (χ0v) is 13.1. The van der Waals surface area contributed by atoms with Crippen LogP contribution < -0.4 is 0 Å². The maximum Gasteiger partial charge on any atom is 0.302 e. The highest BCUT2D eigenvalue weighted by Gasteiger charge is 2.09. The molecule has 0 radical (unpaired) electrons. The van der Waals surface area contributed by atoms with Gasteiger partial charge >= 0.3 is 5.97 Å². The molecule has 0 aliphatic rings. The van der Waals surface area contributed by atoms with Crippen LogP contribution in [-0.2, 0) is 9.53 Å². The summed E-state index contributed by atoms with van der Waals surface area (Å²) in [5, 5.41) is 0. The molecule has 0 spiro atoms. The van der Waals surface area contributed by atoms with Crippen molar-refractivity contribution in [2.45, 2.75) is 91.1 Å². The molecule has 0 saturated carbocycles. The summed E-state index contributed by atoms with van der Waals surface area (Å²) in [4.78, 5) is 11.0. The van der Waals surface area contributed by atoms with Crippen molar-refractivity contribution in [1.29, 1.82) is 0 Å². The zero-order valence-electron chi connectivity index (χ0n) is 13.1. The minimum atomic E-state index is -0.155. The van der Waals surface area contributed by atoms with Crippen molar-refractivity contribution in [2.24, 2.45) is 0 Å². The smallest absolute Gasteiger partial charge is 0.302 e. The molecule has 0 aromatic carbocycles. The molecule has 0 aliphatic heterocycles. The molecule has 0 rings (SSSR count). The van der Waals surface area contributed by atoms with E-state index in [1.54, 1.807) is 0 Å². The quantitative estimate of drug-likeness (QED) is 0.268. The van der Waals surface area contributed by atoms with Gasteiger partial charge in [0.1, 0.15) is 6.10 Å². The van der Waals surface area contributed by atoms with Gasteiger partial charge in [0.05, 0.1) is 0 Å². The average Bonchev–Trinajstić information content (AvgIpc) is 2.37. The van der Waals surface area contributed by atoms with Gasteiger partial charge in [0.15, 0.2) is 0 Å². The van der Waals surface area contributed by atoms with Crippen molar-refractivity contribution < 1.29 is 9.53 Å². The number of allylic oxidation sites excluding steroid dienone is 1. The van der Waals surface area contributed by atoms with Gasteiger partial charge in [-0.2, -0.15) is 0 Å². The van der Waals surface area contributed by atoms with Crippen LogP contribution in [-0.4, -0.2) is 12.1 Å². The number of carbonyl (C=O) groups is 1. The normalized spacial score (nSPS) is 12.8. The molecule has 1 unspecified atom stereocenters. The highest BCUT2D eigenvalue weighted by atomic mass is 16.5. The van der Waals surface area contributed by atoms with Crippen LogP contribution in [0.3, 0.4) is 0 Å². The highest BCUT2D eigenvalue weighted by Crippen LogP contribution is 2.14. The molecule has 0 N–H and O–H groups in total. The van der Waals surface area contributed by atoms with E-state index in [-0.39, 0.29) is 12.1 Å². The molecular formula is C17H32O2. The van der Waals surface area contributed by atoms with E-state index in [4.69, 9.17) is 4.74 Å². The summed E-state index contributed by atoms with van der Waals surface area (Å²) in [7, 11) is 0. The Balaban J connectivity index is 3.67. The Bertz CT molecular complexity index is 233. The lowest BCUT2D eigenvalue weighted by atomic mass is 10.0. The van der Waals surface area contributed by atoms with E-state index in [1.165, 1.54) is 51.9 Å². The minimum Gasteiger partial charge on any atom is -0.462 e. The first-order chi connectivity index (χ1) is 9.20. The number of unbranched alkanes of at least 4 members (excludes halogenated alkanes) is 6. The summed E-state index contributed by atoms with van der Waals surface area (Å²) in [6, 6.07) is 0. The van der Waals surface area contributed by atoms with Gasteiger partial charge in [-0.1, -0.05) is 64.5 Å². The molecule has 0 saturated heterocycles. The Morgan fingerprint density at radius 3 is 2.21 bits per heavy atom. The third-order valence-electron chi connectivity index (χ3n) is 3.26. The first kappa shape index (κ1) is 18.2. The fraction of sp³-hybridized carbons (Fsp3) is 0.824. The highest BCUT2D eigenvalue weighted by molar-refractivity contribution is 5.66. The topological polar surface area (TPSA) is 26.3 Å². The first-order valence-electron chi connectivity index (χ1n) is 8.02. The molecule has 19 heavy (non-hydrogen) atoms. The van der Waals surface area contributed by atoms with E-state index >= 15 is 0 Å². The predicted octanol–water partition coefficient (Wildman–Crippen LogP) is 5.42. The van der Waals surface area contributed by atoms with Crippen LogP contribution in [0, 0.1) is 0 Å². The maximum absolute atomic E-state index is 11.0. The second kappa shape index (κ2) is 13.6. The van der Waals surface area contributed by atoms with Crippen LogP contribution in [0.4, 0.5) is 0 Å². The largest absolute Gasteiger partial charge is 0.462 e. The van der Waals surface area contributed by atoms with Gasteiger partial charge in [-0.3, -0.25) is 4.79 Å². The molecule has 112 valence electrons. The van der Waals surface area contributed by atoms with Crippen molar-refractivity contribution in [3.05, 3.63) is 12.2 Å². The molecular weight excluding hydrogens is 236 g/mol. The van der Waals surface area contributed by atoms with Crippen molar-refractivity contribution in [1.82, 2.24) is 0 Å². The molecule has 0 aromatic heterocycles. The maximum atomic E-state index is 11.0. The van der Waals surface area contributed by atoms with Gasteiger partial charge in [-0.15, -0.1) is 0 Å². The van der Waals surface area contributed by atoms with Gasteiger partial charge in [-0.05, 0) is 19.3 Å². The molecule has 1 atom stereocenters. The lowest BCUT2D eigenvalue weighted by molar-refractivity contribution is -0.146. The number of hydrogen-bond donors (Lipinski definition) is 0. The molecule has 0 aromatic rings. The van der Waals surface area contributed by atoms with Gasteiger partial charge in [0.25, 0.3) is 0 Å². The van der Waals surface area contributed by atoms with Crippen LogP contribution in [0.25, 0.3) is 0 Å². The molecule has 0 amide bonds. The van der Waals surface area contributed by atoms with Crippen LogP contribution >= 0.6 is 0 Å². The fourth-order valence-electron chi connectivity index (χ4n) is 2.20. The zero-order chi connectivity index (χ0) is 14.3. The van der Waals surface area contributed by atoms with E-state index in [9.17, 15) is 4.79 Å². The van der Waals surface area contributed by atoms with Gasteiger partial charge < -0.3 is 4.74 Å². The van der Waals surface area contributed by atoms with Crippen LogP contribution in [0.5, 0.6) is 0 Å². The van der Waals surface area contributed by atoms with Gasteiger partial charge in [-0.25, -0.2) is 0 Å². The summed E-state index contributed by atoms with van der Waals surface area (Å²) in [6.07, 6.45) is 16.4. The summed E-state index contributed by atoms with van der Waals surface area (Å²) in [5.41, 5.74) is 0. The molecule has 2 heteroatoms. The van der Waals surface area contributed by atoms with Crippen molar-refractivity contribution in [3.8, 4) is 0 Å². The lowest BCUT2D eigenvalue weighted by Crippen LogP contribution is -2.15. The fourth-order valence-corrected chi connectivity index (χ4v) is 2.20. The molecule has 2 nitrogen and oxygen atoms in total. The predicted molar refractivity (Wildman–Crippen MR) is 82.2 cm³/mol. The second-order valence-electron chi connectivity index (χ2n) is 5.26. The van der Waals surface area contributed by atoms with Crippen LogP contribution in [0.15, 0.2) is 12.2 Å². The summed E-state index contributed by atoms with van der Waals surface area (Å²) < 4.78 is 5.35. The van der Waals surface area contributed by atoms with Crippen molar-refractivity contribution >= 4 is 5.97 Å². The molecule has 0 bridgehead atoms. The lowest BCUT2D eigenvalue weighted by Gasteiger charge is -2.15. The number of hydrogen-bond acceptors (Lipinski definition) is 2. The Morgan fingerprint density at radius 2 is 1.63 bits per heavy atom. The van der Waals surface area contributed by atoms with Crippen molar-refractivity contribution in [2.75, 3.05) is 0 Å². The summed E-state index contributed by atoms with van der Waals surface area (Å²) >= 11 is 0. The standard InChI is InChI=1S/C17H32O2/c1-4-6-8-9-10-11-13-15-17(19-16(3)18)14-12-7-5-2/h7,12,17H,4-6,8-11,13-15H2,1-3H3. The Kier molecular flexibility index (Phi) is 13.1. The number of rotatable bonds is 12.